The first-order valence-electron chi connectivity index (χ1n) is 11.5. The van der Waals surface area contributed by atoms with Crippen molar-refractivity contribution in [1.29, 1.82) is 5.26 Å². The fraction of sp³-hybridized carbons (Fsp3) is 0.192. The number of anilines is 4. The first kappa shape index (κ1) is 24.2. The molecular weight excluding hydrogens is 456 g/mol. The average Bonchev–Trinajstić information content (AvgIpc) is 3.22. The Hall–Kier alpha value is -4.91. The van der Waals surface area contributed by atoms with E-state index in [2.05, 4.69) is 31.3 Å². The van der Waals surface area contributed by atoms with E-state index >= 15 is 0 Å². The number of aromatic nitrogens is 3. The van der Waals surface area contributed by atoms with E-state index in [1.807, 2.05) is 32.9 Å². The van der Waals surface area contributed by atoms with Crippen LogP contribution in [0.4, 0.5) is 27.7 Å². The number of carbonyl (C=O) groups excluding carboxylic acids is 2. The van der Waals surface area contributed by atoms with Crippen molar-refractivity contribution in [1.82, 2.24) is 19.9 Å². The molecule has 4 aromatic rings. The molecule has 0 aliphatic heterocycles. The number of nitrogens with zero attached hydrogens (tertiary/aromatic N) is 4. The van der Waals surface area contributed by atoms with Crippen LogP contribution in [0.5, 0.6) is 0 Å². The lowest BCUT2D eigenvalue weighted by molar-refractivity contribution is 0.0953. The first-order valence-corrected chi connectivity index (χ1v) is 11.5. The third-order valence-corrected chi connectivity index (χ3v) is 5.63. The zero-order chi connectivity index (χ0) is 25.7. The lowest BCUT2D eigenvalue weighted by atomic mass is 10.1. The molecule has 3 amide bonds. The summed E-state index contributed by atoms with van der Waals surface area (Å²) in [5.41, 5.74) is 5.34. The van der Waals surface area contributed by atoms with Crippen LogP contribution < -0.4 is 21.3 Å². The van der Waals surface area contributed by atoms with Crippen LogP contribution in [0.25, 0.3) is 5.52 Å². The summed E-state index contributed by atoms with van der Waals surface area (Å²) < 4.78 is 1.63. The van der Waals surface area contributed by atoms with E-state index in [1.54, 1.807) is 47.1 Å². The van der Waals surface area contributed by atoms with Gasteiger partial charge in [-0.05, 0) is 67.8 Å². The molecular formula is C26H26N8O2. The molecule has 0 unspecified atom stereocenters. The molecule has 2 aromatic carbocycles. The maximum Gasteiger partial charge on any atom is 0.323 e. The summed E-state index contributed by atoms with van der Waals surface area (Å²) in [5.74, 6) is 0.390. The Morgan fingerprint density at radius 1 is 1.06 bits per heavy atom. The van der Waals surface area contributed by atoms with Gasteiger partial charge in [0, 0.05) is 29.8 Å². The van der Waals surface area contributed by atoms with Gasteiger partial charge in [-0.3, -0.25) is 4.79 Å². The SMILES string of the molecule is CCCNC(=O)c1cn2ncnc(Nc3cc(NC(=O)Nc4ccc(C#N)cc4)ccc3C)c2c1C. The molecule has 0 saturated carbocycles. The number of aryl methyl sites for hydroxylation is 2. The number of hydrogen-bond acceptors (Lipinski definition) is 6. The molecule has 0 spiro atoms. The van der Waals surface area contributed by atoms with Gasteiger partial charge in [0.1, 0.15) is 11.8 Å². The molecule has 2 heterocycles. The summed E-state index contributed by atoms with van der Waals surface area (Å²) in [4.78, 5) is 29.5. The Bertz CT molecular complexity index is 1470. The monoisotopic (exact) mass is 482 g/mol. The second-order valence-electron chi connectivity index (χ2n) is 8.25. The Morgan fingerprint density at radius 2 is 1.78 bits per heavy atom. The molecule has 36 heavy (non-hydrogen) atoms. The predicted octanol–water partition coefficient (Wildman–Crippen LogP) is 4.75. The van der Waals surface area contributed by atoms with Gasteiger partial charge in [0.05, 0.1) is 17.2 Å². The van der Waals surface area contributed by atoms with Crippen molar-refractivity contribution in [2.45, 2.75) is 27.2 Å². The van der Waals surface area contributed by atoms with E-state index in [0.717, 1.165) is 23.2 Å². The van der Waals surface area contributed by atoms with Crippen LogP contribution >= 0.6 is 0 Å². The van der Waals surface area contributed by atoms with Crippen molar-refractivity contribution in [3.05, 3.63) is 77.2 Å². The van der Waals surface area contributed by atoms with Crippen molar-refractivity contribution in [3.63, 3.8) is 0 Å². The van der Waals surface area contributed by atoms with Gasteiger partial charge in [0.2, 0.25) is 0 Å². The van der Waals surface area contributed by atoms with E-state index in [9.17, 15) is 9.59 Å². The van der Waals surface area contributed by atoms with Gasteiger partial charge in [-0.2, -0.15) is 10.4 Å². The number of fused-ring (bicyclic) bond motifs is 1. The summed E-state index contributed by atoms with van der Waals surface area (Å²) in [6.45, 7) is 6.40. The molecule has 0 saturated heterocycles. The summed E-state index contributed by atoms with van der Waals surface area (Å²) in [6, 6.07) is 13.7. The normalized spacial score (nSPS) is 10.5. The van der Waals surface area contributed by atoms with Gasteiger partial charge in [-0.25, -0.2) is 14.3 Å². The highest BCUT2D eigenvalue weighted by Gasteiger charge is 2.18. The minimum Gasteiger partial charge on any atom is -0.352 e. The number of urea groups is 1. The Morgan fingerprint density at radius 3 is 2.50 bits per heavy atom. The van der Waals surface area contributed by atoms with Crippen LogP contribution in [0.2, 0.25) is 0 Å². The van der Waals surface area contributed by atoms with Gasteiger partial charge in [-0.15, -0.1) is 0 Å². The van der Waals surface area contributed by atoms with Crippen molar-refractivity contribution >= 4 is 40.3 Å². The summed E-state index contributed by atoms with van der Waals surface area (Å²) in [7, 11) is 0. The Balaban J connectivity index is 1.54. The van der Waals surface area contributed by atoms with Crippen LogP contribution in [0.3, 0.4) is 0 Å². The maximum atomic E-state index is 12.6. The largest absolute Gasteiger partial charge is 0.352 e. The van der Waals surface area contributed by atoms with Gasteiger partial charge >= 0.3 is 6.03 Å². The summed E-state index contributed by atoms with van der Waals surface area (Å²) in [5, 5.41) is 24.9. The molecule has 0 fully saturated rings. The standard InChI is InChI=1S/C26H26N8O2/c1-4-11-28-25(35)21-14-34-23(17(21)3)24(29-15-30-34)33-22-12-20(8-5-16(22)2)32-26(36)31-19-9-6-18(13-27)7-10-19/h5-10,12,14-15H,4,11H2,1-3H3,(H,28,35)(H,29,30,33)(H2,31,32,36). The molecule has 0 atom stereocenters. The molecule has 4 rings (SSSR count). The van der Waals surface area contributed by atoms with E-state index in [-0.39, 0.29) is 5.91 Å². The number of nitrogens with one attached hydrogen (secondary N) is 4. The summed E-state index contributed by atoms with van der Waals surface area (Å²) >= 11 is 0. The quantitative estimate of drug-likeness (QED) is 0.300. The zero-order valence-electron chi connectivity index (χ0n) is 20.2. The highest BCUT2D eigenvalue weighted by molar-refractivity contribution is 6.01. The average molecular weight is 483 g/mol. The Labute approximate surface area is 208 Å². The molecule has 2 aromatic heterocycles. The number of benzene rings is 2. The minimum atomic E-state index is -0.413. The highest BCUT2D eigenvalue weighted by Crippen LogP contribution is 2.28. The highest BCUT2D eigenvalue weighted by atomic mass is 16.2. The number of rotatable bonds is 7. The van der Waals surface area contributed by atoms with Gasteiger partial charge in [0.25, 0.3) is 5.91 Å². The third kappa shape index (κ3) is 5.26. The number of amides is 3. The van der Waals surface area contributed by atoms with E-state index < -0.39 is 6.03 Å². The number of hydrogen-bond donors (Lipinski definition) is 4. The number of nitriles is 1. The Kier molecular flexibility index (Phi) is 7.11. The molecule has 4 N–H and O–H groups in total. The molecule has 10 nitrogen and oxygen atoms in total. The third-order valence-electron chi connectivity index (χ3n) is 5.63. The fourth-order valence-electron chi connectivity index (χ4n) is 3.70. The van der Waals surface area contributed by atoms with Crippen molar-refractivity contribution in [2.75, 3.05) is 22.5 Å². The zero-order valence-corrected chi connectivity index (χ0v) is 20.2. The minimum absolute atomic E-state index is 0.151. The molecule has 0 radical (unpaired) electrons. The smallest absolute Gasteiger partial charge is 0.323 e. The molecule has 0 bridgehead atoms. The van der Waals surface area contributed by atoms with Gasteiger partial charge < -0.3 is 21.3 Å². The number of carbonyl (C=O) groups is 2. The van der Waals surface area contributed by atoms with Crippen LogP contribution in [0, 0.1) is 25.2 Å². The van der Waals surface area contributed by atoms with Crippen LogP contribution in [-0.2, 0) is 0 Å². The maximum absolute atomic E-state index is 12.6. The van der Waals surface area contributed by atoms with Crippen molar-refractivity contribution < 1.29 is 9.59 Å². The lowest BCUT2D eigenvalue weighted by Gasteiger charge is -2.13. The fourth-order valence-corrected chi connectivity index (χ4v) is 3.70. The topological polar surface area (TPSA) is 136 Å². The van der Waals surface area contributed by atoms with E-state index in [1.165, 1.54) is 6.33 Å². The lowest BCUT2D eigenvalue weighted by Crippen LogP contribution is -2.24. The van der Waals surface area contributed by atoms with Crippen LogP contribution in [0.15, 0.2) is 55.0 Å². The van der Waals surface area contributed by atoms with Gasteiger partial charge in [0.15, 0.2) is 5.82 Å². The second-order valence-corrected chi connectivity index (χ2v) is 8.25. The first-order chi connectivity index (χ1) is 17.4. The van der Waals surface area contributed by atoms with E-state index in [0.29, 0.717) is 40.4 Å². The summed E-state index contributed by atoms with van der Waals surface area (Å²) in [6.07, 6.45) is 3.96. The van der Waals surface area contributed by atoms with Crippen molar-refractivity contribution in [3.8, 4) is 6.07 Å². The van der Waals surface area contributed by atoms with E-state index in [4.69, 9.17) is 5.26 Å². The van der Waals surface area contributed by atoms with Crippen molar-refractivity contribution in [2.24, 2.45) is 0 Å². The molecule has 0 aliphatic rings. The molecule has 10 heteroatoms. The predicted molar refractivity (Wildman–Crippen MR) is 139 cm³/mol. The van der Waals surface area contributed by atoms with Crippen LogP contribution in [0.1, 0.15) is 40.4 Å². The second kappa shape index (κ2) is 10.6. The molecule has 0 aliphatic carbocycles. The van der Waals surface area contributed by atoms with Crippen LogP contribution in [-0.4, -0.2) is 33.1 Å². The van der Waals surface area contributed by atoms with Gasteiger partial charge in [-0.1, -0.05) is 13.0 Å². The molecule has 182 valence electrons.